The molecular formula is C22H19BrN2O4. The lowest BCUT2D eigenvalue weighted by Gasteiger charge is -2.27. The second-order valence-corrected chi connectivity index (χ2v) is 7.66. The number of rotatable bonds is 4. The lowest BCUT2D eigenvalue weighted by molar-refractivity contribution is -0.122. The summed E-state index contributed by atoms with van der Waals surface area (Å²) in [5.74, 6) is -1.41. The largest absolute Gasteiger partial charge is 0.506 e. The van der Waals surface area contributed by atoms with Gasteiger partial charge in [-0.05, 0) is 88.8 Å². The molecular weight excluding hydrogens is 436 g/mol. The fourth-order valence-electron chi connectivity index (χ4n) is 3.21. The lowest BCUT2D eigenvalue weighted by Crippen LogP contribution is -2.54. The van der Waals surface area contributed by atoms with Gasteiger partial charge in [0.05, 0.1) is 10.2 Å². The van der Waals surface area contributed by atoms with Crippen LogP contribution in [0.15, 0.2) is 53.0 Å². The number of hydrogen-bond donors (Lipinski definition) is 2. The third-order valence-electron chi connectivity index (χ3n) is 4.41. The molecule has 7 heteroatoms. The minimum atomic E-state index is -0.790. The van der Waals surface area contributed by atoms with Crippen molar-refractivity contribution in [3.8, 4) is 5.75 Å². The molecule has 0 radical (unpaired) electrons. The molecule has 1 heterocycles. The molecule has 0 aromatic heterocycles. The number of barbiturate groups is 1. The van der Waals surface area contributed by atoms with Gasteiger partial charge in [-0.25, -0.2) is 9.69 Å². The van der Waals surface area contributed by atoms with Crippen LogP contribution in [0, 0.1) is 13.8 Å². The molecule has 0 bridgehead atoms. The Morgan fingerprint density at radius 3 is 2.38 bits per heavy atom. The first-order valence-electron chi connectivity index (χ1n) is 8.83. The molecule has 6 nitrogen and oxygen atoms in total. The van der Waals surface area contributed by atoms with E-state index in [0.29, 0.717) is 27.7 Å². The number of allylic oxidation sites excluding steroid dienone is 1. The van der Waals surface area contributed by atoms with E-state index in [1.807, 2.05) is 19.9 Å². The maximum Gasteiger partial charge on any atom is 0.335 e. The van der Waals surface area contributed by atoms with Crippen LogP contribution in [0.25, 0.3) is 6.08 Å². The third-order valence-corrected chi connectivity index (χ3v) is 5.01. The molecule has 0 unspecified atom stereocenters. The maximum absolute atomic E-state index is 13.0. The number of nitrogens with one attached hydrogen (secondary N) is 1. The molecule has 1 saturated heterocycles. The summed E-state index contributed by atoms with van der Waals surface area (Å²) in [4.78, 5) is 38.7. The molecule has 0 aliphatic carbocycles. The van der Waals surface area contributed by atoms with Crippen LogP contribution in [0.5, 0.6) is 5.75 Å². The van der Waals surface area contributed by atoms with Gasteiger partial charge in [0, 0.05) is 0 Å². The Morgan fingerprint density at radius 1 is 1.10 bits per heavy atom. The maximum atomic E-state index is 13.0. The highest BCUT2D eigenvalue weighted by Gasteiger charge is 2.37. The number of aromatic hydroxyl groups is 1. The van der Waals surface area contributed by atoms with Crippen LogP contribution in [-0.2, 0) is 16.0 Å². The van der Waals surface area contributed by atoms with Gasteiger partial charge in [0.1, 0.15) is 11.3 Å². The van der Waals surface area contributed by atoms with E-state index in [4.69, 9.17) is 0 Å². The van der Waals surface area contributed by atoms with Gasteiger partial charge < -0.3 is 5.11 Å². The van der Waals surface area contributed by atoms with Crippen molar-refractivity contribution in [2.24, 2.45) is 0 Å². The zero-order valence-electron chi connectivity index (χ0n) is 16.0. The van der Waals surface area contributed by atoms with Gasteiger partial charge in [-0.3, -0.25) is 14.9 Å². The van der Waals surface area contributed by atoms with E-state index in [1.165, 1.54) is 6.08 Å². The Labute approximate surface area is 176 Å². The van der Waals surface area contributed by atoms with Crippen molar-refractivity contribution in [1.82, 2.24) is 5.32 Å². The molecule has 2 aromatic rings. The Morgan fingerprint density at radius 2 is 1.76 bits per heavy atom. The second kappa shape index (κ2) is 8.05. The van der Waals surface area contributed by atoms with Crippen molar-refractivity contribution >= 4 is 45.5 Å². The summed E-state index contributed by atoms with van der Waals surface area (Å²) in [5, 5.41) is 12.3. The number of phenols is 1. The summed E-state index contributed by atoms with van der Waals surface area (Å²) in [6, 6.07) is 7.79. The molecule has 0 saturated carbocycles. The average molecular weight is 455 g/mol. The molecule has 148 valence electrons. The fourth-order valence-corrected chi connectivity index (χ4v) is 3.73. The first-order chi connectivity index (χ1) is 13.7. The predicted octanol–water partition coefficient (Wildman–Crippen LogP) is 4.17. The van der Waals surface area contributed by atoms with Crippen molar-refractivity contribution in [3.63, 3.8) is 0 Å². The van der Waals surface area contributed by atoms with E-state index in [-0.39, 0.29) is 11.3 Å². The van der Waals surface area contributed by atoms with E-state index >= 15 is 0 Å². The fraction of sp³-hybridized carbons (Fsp3) is 0.136. The number of carbonyl (C=O) groups is 3. The van der Waals surface area contributed by atoms with Gasteiger partial charge in [-0.1, -0.05) is 12.1 Å². The number of nitrogens with zero attached hydrogens (tertiary/aromatic N) is 1. The van der Waals surface area contributed by atoms with Gasteiger partial charge in [-0.2, -0.15) is 0 Å². The van der Waals surface area contributed by atoms with Gasteiger partial charge in [0.15, 0.2) is 0 Å². The van der Waals surface area contributed by atoms with Gasteiger partial charge >= 0.3 is 6.03 Å². The summed E-state index contributed by atoms with van der Waals surface area (Å²) in [5.41, 5.74) is 3.11. The Bertz CT molecular complexity index is 1070. The first-order valence-corrected chi connectivity index (χ1v) is 9.62. The van der Waals surface area contributed by atoms with Crippen molar-refractivity contribution < 1.29 is 19.5 Å². The number of anilines is 1. The number of aryl methyl sites for hydroxylation is 2. The monoisotopic (exact) mass is 454 g/mol. The summed E-state index contributed by atoms with van der Waals surface area (Å²) in [6.07, 6.45) is 3.45. The minimum Gasteiger partial charge on any atom is -0.506 e. The minimum absolute atomic E-state index is 0.0681. The number of halogens is 1. The standard InChI is InChI=1S/C22H19BrN2O4/c1-4-5-15-9-14(11-18(23)19(15)26)10-17-20(27)24-22(29)25(21(17)28)16-7-12(2)6-13(3)8-16/h4,6-11,26H,1,5H2,2-3H3,(H,24,27,29)/b17-10+. The third kappa shape index (κ3) is 4.14. The Kier molecular flexibility index (Phi) is 5.70. The van der Waals surface area contributed by atoms with Crippen molar-refractivity contribution in [1.29, 1.82) is 0 Å². The van der Waals surface area contributed by atoms with E-state index in [1.54, 1.807) is 30.3 Å². The highest BCUT2D eigenvalue weighted by molar-refractivity contribution is 9.10. The number of benzene rings is 2. The molecule has 2 aromatic carbocycles. The summed E-state index contributed by atoms with van der Waals surface area (Å²) < 4.78 is 0.426. The van der Waals surface area contributed by atoms with Crippen LogP contribution >= 0.6 is 15.9 Å². The SMILES string of the molecule is C=CCc1cc(/C=C2\C(=O)NC(=O)N(c3cc(C)cc(C)c3)C2=O)cc(Br)c1O. The molecule has 4 amide bonds. The van der Waals surface area contributed by atoms with E-state index in [0.717, 1.165) is 16.0 Å². The van der Waals surface area contributed by atoms with Crippen molar-refractivity contribution in [3.05, 3.63) is 75.3 Å². The molecule has 0 spiro atoms. The lowest BCUT2D eigenvalue weighted by atomic mass is 10.0. The van der Waals surface area contributed by atoms with Crippen molar-refractivity contribution in [2.45, 2.75) is 20.3 Å². The average Bonchev–Trinajstić information content (AvgIpc) is 2.62. The van der Waals surface area contributed by atoms with Crippen LogP contribution < -0.4 is 10.2 Å². The highest BCUT2D eigenvalue weighted by Crippen LogP contribution is 2.31. The molecule has 3 rings (SSSR count). The summed E-state index contributed by atoms with van der Waals surface area (Å²) in [6.45, 7) is 7.38. The van der Waals surface area contributed by atoms with Crippen molar-refractivity contribution in [2.75, 3.05) is 4.90 Å². The van der Waals surface area contributed by atoms with Crippen LogP contribution in [0.3, 0.4) is 0 Å². The molecule has 1 aliphatic rings. The summed E-state index contributed by atoms with van der Waals surface area (Å²) >= 11 is 3.27. The first kappa shape index (κ1) is 20.5. The smallest absolute Gasteiger partial charge is 0.335 e. The quantitative estimate of drug-likeness (QED) is 0.412. The normalized spacial score (nSPS) is 15.6. The Hall–Kier alpha value is -3.19. The number of amides is 4. The number of imide groups is 2. The van der Waals surface area contributed by atoms with Crippen LogP contribution in [0.4, 0.5) is 10.5 Å². The number of urea groups is 1. The number of hydrogen-bond acceptors (Lipinski definition) is 4. The van der Waals surface area contributed by atoms with E-state index < -0.39 is 17.8 Å². The van der Waals surface area contributed by atoms with E-state index in [9.17, 15) is 19.5 Å². The van der Waals surface area contributed by atoms with Crippen LogP contribution in [0.1, 0.15) is 22.3 Å². The second-order valence-electron chi connectivity index (χ2n) is 6.81. The molecule has 1 aliphatic heterocycles. The molecule has 2 N–H and O–H groups in total. The predicted molar refractivity (Wildman–Crippen MR) is 115 cm³/mol. The van der Waals surface area contributed by atoms with E-state index in [2.05, 4.69) is 27.8 Å². The number of phenolic OH excluding ortho intramolecular Hbond substituents is 1. The highest BCUT2D eigenvalue weighted by atomic mass is 79.9. The van der Waals surface area contributed by atoms with Gasteiger partial charge in [0.2, 0.25) is 0 Å². The zero-order chi connectivity index (χ0) is 21.3. The van der Waals surface area contributed by atoms with Crippen LogP contribution in [0.2, 0.25) is 0 Å². The number of carbonyl (C=O) groups excluding carboxylic acids is 3. The topological polar surface area (TPSA) is 86.7 Å². The summed E-state index contributed by atoms with van der Waals surface area (Å²) in [7, 11) is 0. The van der Waals surface area contributed by atoms with Gasteiger partial charge in [0.25, 0.3) is 11.8 Å². The molecule has 0 atom stereocenters. The van der Waals surface area contributed by atoms with Crippen LogP contribution in [-0.4, -0.2) is 23.0 Å². The molecule has 29 heavy (non-hydrogen) atoms. The molecule has 1 fully saturated rings. The zero-order valence-corrected chi connectivity index (χ0v) is 17.5. The van der Waals surface area contributed by atoms with Gasteiger partial charge in [-0.15, -0.1) is 6.58 Å². The Balaban J connectivity index is 2.07.